The molecule has 1 saturated heterocycles. The Morgan fingerprint density at radius 2 is 2.14 bits per heavy atom. The number of aliphatic carboxylic acids is 1. The number of hydrogen-bond acceptors (Lipinski definition) is 5. The molecule has 1 atom stereocenters. The van der Waals surface area contributed by atoms with Gasteiger partial charge in [0.2, 0.25) is 0 Å². The number of carbonyl (C=O) groups is 2. The van der Waals surface area contributed by atoms with E-state index in [9.17, 15) is 18.0 Å². The summed E-state index contributed by atoms with van der Waals surface area (Å²) in [5.74, 6) is -1.99. The van der Waals surface area contributed by atoms with E-state index in [0.717, 1.165) is 4.31 Å². The van der Waals surface area contributed by atoms with Crippen molar-refractivity contribution in [1.29, 1.82) is 0 Å². The number of carbonyl (C=O) groups excluding carboxylic acids is 1. The number of carboxylic acid groups (broad SMARTS) is 1. The number of esters is 1. The van der Waals surface area contributed by atoms with Gasteiger partial charge in [-0.3, -0.25) is 9.59 Å². The monoisotopic (exact) mass is 322 g/mol. The zero-order valence-electron chi connectivity index (χ0n) is 12.1. The molecule has 1 fully saturated rings. The van der Waals surface area contributed by atoms with E-state index in [1.807, 2.05) is 0 Å². The SMILES string of the molecule is CCOC(=O)CCCNS(=O)(=O)N1CCCC(C(=O)O)C1. The summed E-state index contributed by atoms with van der Waals surface area (Å²) < 4.78 is 32.3. The van der Waals surface area contributed by atoms with Gasteiger partial charge in [-0.2, -0.15) is 12.7 Å². The second-order valence-corrected chi connectivity index (χ2v) is 6.60. The van der Waals surface area contributed by atoms with Crippen LogP contribution in [-0.2, 0) is 24.5 Å². The van der Waals surface area contributed by atoms with Gasteiger partial charge < -0.3 is 9.84 Å². The Bertz CT molecular complexity index is 464. The molecule has 21 heavy (non-hydrogen) atoms. The molecule has 122 valence electrons. The van der Waals surface area contributed by atoms with Crippen molar-refractivity contribution < 1.29 is 27.9 Å². The predicted molar refractivity (Wildman–Crippen MR) is 74.7 cm³/mol. The molecule has 0 bridgehead atoms. The first-order valence-corrected chi connectivity index (χ1v) is 8.44. The minimum atomic E-state index is -3.69. The van der Waals surface area contributed by atoms with Crippen molar-refractivity contribution in [2.24, 2.45) is 5.92 Å². The average molecular weight is 322 g/mol. The first-order chi connectivity index (χ1) is 9.86. The Hall–Kier alpha value is -1.19. The molecule has 2 N–H and O–H groups in total. The molecule has 1 rings (SSSR count). The molecular formula is C12H22N2O6S. The van der Waals surface area contributed by atoms with E-state index in [4.69, 9.17) is 9.84 Å². The van der Waals surface area contributed by atoms with Crippen LogP contribution in [0, 0.1) is 5.92 Å². The molecule has 0 aromatic heterocycles. The van der Waals surface area contributed by atoms with E-state index in [-0.39, 0.29) is 25.5 Å². The molecule has 0 spiro atoms. The number of piperidine rings is 1. The van der Waals surface area contributed by atoms with Gasteiger partial charge >= 0.3 is 11.9 Å². The second kappa shape index (κ2) is 8.30. The van der Waals surface area contributed by atoms with Crippen molar-refractivity contribution in [3.05, 3.63) is 0 Å². The highest BCUT2D eigenvalue weighted by Gasteiger charge is 2.31. The van der Waals surface area contributed by atoms with Crippen molar-refractivity contribution in [3.63, 3.8) is 0 Å². The Morgan fingerprint density at radius 3 is 2.76 bits per heavy atom. The molecule has 0 aromatic carbocycles. The third-order valence-electron chi connectivity index (χ3n) is 3.22. The summed E-state index contributed by atoms with van der Waals surface area (Å²) in [4.78, 5) is 22.0. The van der Waals surface area contributed by atoms with E-state index >= 15 is 0 Å². The smallest absolute Gasteiger partial charge is 0.307 e. The third-order valence-corrected chi connectivity index (χ3v) is 4.80. The Balaban J connectivity index is 2.39. The quantitative estimate of drug-likeness (QED) is 0.479. The van der Waals surface area contributed by atoms with Crippen LogP contribution in [0.2, 0.25) is 0 Å². The molecule has 9 heteroatoms. The van der Waals surface area contributed by atoms with Crippen LogP contribution in [0.3, 0.4) is 0 Å². The molecule has 0 amide bonds. The van der Waals surface area contributed by atoms with Gasteiger partial charge in [-0.15, -0.1) is 0 Å². The van der Waals surface area contributed by atoms with Crippen LogP contribution < -0.4 is 4.72 Å². The molecule has 1 unspecified atom stereocenters. The standard InChI is InChI=1S/C12H22N2O6S/c1-2-20-11(15)6-3-7-13-21(18,19)14-8-4-5-10(9-14)12(16)17/h10,13H,2-9H2,1H3,(H,16,17). The minimum Gasteiger partial charge on any atom is -0.481 e. The minimum absolute atomic E-state index is 0.0114. The summed E-state index contributed by atoms with van der Waals surface area (Å²) in [6, 6.07) is 0. The van der Waals surface area contributed by atoms with Crippen LogP contribution in [-0.4, -0.2) is 56.0 Å². The van der Waals surface area contributed by atoms with Gasteiger partial charge in [-0.1, -0.05) is 0 Å². The first-order valence-electron chi connectivity index (χ1n) is 7.00. The number of nitrogens with one attached hydrogen (secondary N) is 1. The number of nitrogens with zero attached hydrogens (tertiary/aromatic N) is 1. The van der Waals surface area contributed by atoms with E-state index in [1.54, 1.807) is 6.92 Å². The topological polar surface area (TPSA) is 113 Å². The highest BCUT2D eigenvalue weighted by molar-refractivity contribution is 7.87. The summed E-state index contributed by atoms with van der Waals surface area (Å²) in [6.07, 6.45) is 1.51. The lowest BCUT2D eigenvalue weighted by atomic mass is 10.0. The molecule has 0 saturated carbocycles. The number of carboxylic acids is 1. The molecule has 0 radical (unpaired) electrons. The van der Waals surface area contributed by atoms with Gasteiger partial charge in [-0.05, 0) is 26.2 Å². The van der Waals surface area contributed by atoms with Gasteiger partial charge in [0.05, 0.1) is 12.5 Å². The highest BCUT2D eigenvalue weighted by Crippen LogP contribution is 2.18. The van der Waals surface area contributed by atoms with Crippen LogP contribution in [0.1, 0.15) is 32.6 Å². The van der Waals surface area contributed by atoms with Gasteiger partial charge in [0.1, 0.15) is 0 Å². The summed E-state index contributed by atoms with van der Waals surface area (Å²) in [7, 11) is -3.69. The summed E-state index contributed by atoms with van der Waals surface area (Å²) in [5.41, 5.74) is 0. The Labute approximate surface area is 124 Å². The van der Waals surface area contributed by atoms with Gasteiger partial charge in [0.25, 0.3) is 10.2 Å². The lowest BCUT2D eigenvalue weighted by molar-refractivity contribution is -0.144. The van der Waals surface area contributed by atoms with E-state index in [1.165, 1.54) is 0 Å². The van der Waals surface area contributed by atoms with Crippen LogP contribution in [0.5, 0.6) is 0 Å². The summed E-state index contributed by atoms with van der Waals surface area (Å²) in [6.45, 7) is 2.43. The molecule has 1 aliphatic rings. The second-order valence-electron chi connectivity index (χ2n) is 4.84. The maximum atomic E-state index is 12.0. The molecule has 0 aromatic rings. The average Bonchev–Trinajstić information content (AvgIpc) is 2.44. The van der Waals surface area contributed by atoms with E-state index < -0.39 is 22.1 Å². The number of rotatable bonds is 8. The fourth-order valence-electron chi connectivity index (χ4n) is 2.12. The van der Waals surface area contributed by atoms with Gasteiger partial charge in [0, 0.05) is 26.1 Å². The third kappa shape index (κ3) is 5.98. The highest BCUT2D eigenvalue weighted by atomic mass is 32.2. The van der Waals surface area contributed by atoms with Crippen LogP contribution >= 0.6 is 0 Å². The Kier molecular flexibility index (Phi) is 7.06. The zero-order valence-corrected chi connectivity index (χ0v) is 12.9. The van der Waals surface area contributed by atoms with Crippen LogP contribution in [0.15, 0.2) is 0 Å². The van der Waals surface area contributed by atoms with Crippen LogP contribution in [0.4, 0.5) is 0 Å². The fraction of sp³-hybridized carbons (Fsp3) is 0.833. The Morgan fingerprint density at radius 1 is 1.43 bits per heavy atom. The summed E-state index contributed by atoms with van der Waals surface area (Å²) in [5, 5.41) is 8.95. The van der Waals surface area contributed by atoms with Crippen molar-refractivity contribution in [3.8, 4) is 0 Å². The van der Waals surface area contributed by atoms with Crippen molar-refractivity contribution in [2.75, 3.05) is 26.2 Å². The normalized spacial score (nSPS) is 20.1. The first kappa shape index (κ1) is 17.9. The molecule has 1 aliphatic heterocycles. The predicted octanol–water partition coefficient (Wildman–Crippen LogP) is -0.0393. The lowest BCUT2D eigenvalue weighted by Gasteiger charge is -2.29. The molecule has 8 nitrogen and oxygen atoms in total. The van der Waals surface area contributed by atoms with Crippen LogP contribution in [0.25, 0.3) is 0 Å². The van der Waals surface area contributed by atoms with E-state index in [0.29, 0.717) is 32.4 Å². The molecular weight excluding hydrogens is 300 g/mol. The maximum Gasteiger partial charge on any atom is 0.307 e. The largest absolute Gasteiger partial charge is 0.481 e. The fourth-order valence-corrected chi connectivity index (χ4v) is 3.45. The number of ether oxygens (including phenoxy) is 1. The molecule has 0 aliphatic carbocycles. The van der Waals surface area contributed by atoms with Crippen molar-refractivity contribution >= 4 is 22.1 Å². The van der Waals surface area contributed by atoms with E-state index in [2.05, 4.69) is 4.72 Å². The zero-order chi connectivity index (χ0) is 15.9. The van der Waals surface area contributed by atoms with Gasteiger partial charge in [0.15, 0.2) is 0 Å². The van der Waals surface area contributed by atoms with Gasteiger partial charge in [-0.25, -0.2) is 4.72 Å². The lowest BCUT2D eigenvalue weighted by Crippen LogP contribution is -2.47. The van der Waals surface area contributed by atoms with Crippen molar-refractivity contribution in [2.45, 2.75) is 32.6 Å². The maximum absolute atomic E-state index is 12.0. The van der Waals surface area contributed by atoms with Crippen molar-refractivity contribution in [1.82, 2.24) is 9.03 Å². The summed E-state index contributed by atoms with van der Waals surface area (Å²) >= 11 is 0. The number of hydrogen-bond donors (Lipinski definition) is 2. The molecule has 1 heterocycles.